The number of hydrogen-bond donors (Lipinski definition) is 1. The van der Waals surface area contributed by atoms with E-state index in [9.17, 15) is 0 Å². The van der Waals surface area contributed by atoms with Crippen LogP contribution in [0.1, 0.15) is 17.7 Å². The molecule has 0 aromatic carbocycles. The monoisotopic (exact) mass is 193 g/mol. The molecule has 1 atom stereocenters. The zero-order valence-corrected chi connectivity index (χ0v) is 8.73. The summed E-state index contributed by atoms with van der Waals surface area (Å²) in [5, 5.41) is 5.22. The molecule has 1 rings (SSSR count). The minimum atomic E-state index is 0.236. The van der Waals surface area contributed by atoms with E-state index >= 15 is 0 Å². The minimum Gasteiger partial charge on any atom is -0.307 e. The zero-order chi connectivity index (χ0) is 9.52. The summed E-state index contributed by atoms with van der Waals surface area (Å²) in [6.45, 7) is 0. The molecular weight excluding hydrogens is 178 g/mol. The highest BCUT2D eigenvalue weighted by Gasteiger charge is 2.01. The maximum absolute atomic E-state index is 5.33. The Bertz CT molecular complexity index is 258. The number of hydrogen-bond acceptors (Lipinski definition) is 2. The average Bonchev–Trinajstić information content (AvgIpc) is 2.65. The van der Waals surface area contributed by atoms with Crippen molar-refractivity contribution in [3.05, 3.63) is 22.4 Å². The van der Waals surface area contributed by atoms with Crippen LogP contribution in [0, 0.1) is 12.3 Å². The molecule has 0 spiro atoms. The zero-order valence-electron chi connectivity index (χ0n) is 7.92. The summed E-state index contributed by atoms with van der Waals surface area (Å²) in [7, 11) is 1.91. The molecule has 1 heterocycles. The van der Waals surface area contributed by atoms with Crippen LogP contribution >= 0.6 is 11.3 Å². The standard InChI is InChI=1S/C11H15NS/c1-3-10(12-2)6-4-7-11-8-5-9-13-11/h1,5,8-10,12H,4,6-7H2,2H3. The van der Waals surface area contributed by atoms with Crippen molar-refractivity contribution < 1.29 is 0 Å². The first-order valence-electron chi connectivity index (χ1n) is 4.52. The molecular formula is C11H15NS. The van der Waals surface area contributed by atoms with Crippen LogP contribution < -0.4 is 5.32 Å². The van der Waals surface area contributed by atoms with Crippen molar-refractivity contribution in [2.24, 2.45) is 0 Å². The van der Waals surface area contributed by atoms with Crippen molar-refractivity contribution in [3.63, 3.8) is 0 Å². The van der Waals surface area contributed by atoms with Gasteiger partial charge in [0.05, 0.1) is 6.04 Å². The number of terminal acetylenes is 1. The lowest BCUT2D eigenvalue weighted by Gasteiger charge is -2.07. The van der Waals surface area contributed by atoms with E-state index in [0.717, 1.165) is 19.3 Å². The van der Waals surface area contributed by atoms with Gasteiger partial charge in [0, 0.05) is 4.88 Å². The van der Waals surface area contributed by atoms with Crippen LogP contribution in [-0.2, 0) is 6.42 Å². The fraction of sp³-hybridized carbons (Fsp3) is 0.455. The molecule has 0 aliphatic rings. The van der Waals surface area contributed by atoms with Crippen molar-refractivity contribution in [3.8, 4) is 12.3 Å². The number of aryl methyl sites for hydroxylation is 1. The Kier molecular flexibility index (Phi) is 4.59. The lowest BCUT2D eigenvalue weighted by atomic mass is 10.1. The molecule has 0 amide bonds. The van der Waals surface area contributed by atoms with Crippen molar-refractivity contribution >= 4 is 11.3 Å². The smallest absolute Gasteiger partial charge is 0.0684 e. The minimum absolute atomic E-state index is 0.236. The molecule has 0 radical (unpaired) electrons. The first-order valence-corrected chi connectivity index (χ1v) is 5.40. The van der Waals surface area contributed by atoms with E-state index in [0.29, 0.717) is 0 Å². The van der Waals surface area contributed by atoms with Crippen LogP contribution in [0.25, 0.3) is 0 Å². The first-order chi connectivity index (χ1) is 6.36. The van der Waals surface area contributed by atoms with Gasteiger partial charge >= 0.3 is 0 Å². The highest BCUT2D eigenvalue weighted by molar-refractivity contribution is 7.09. The van der Waals surface area contributed by atoms with Crippen LogP contribution in [0.2, 0.25) is 0 Å². The summed E-state index contributed by atoms with van der Waals surface area (Å²) in [6, 6.07) is 4.51. The van der Waals surface area contributed by atoms with E-state index in [1.165, 1.54) is 4.88 Å². The predicted molar refractivity (Wildman–Crippen MR) is 58.9 cm³/mol. The highest BCUT2D eigenvalue weighted by Crippen LogP contribution is 2.12. The Morgan fingerprint density at radius 1 is 1.69 bits per heavy atom. The third-order valence-electron chi connectivity index (χ3n) is 2.05. The Labute approximate surface area is 84.2 Å². The van der Waals surface area contributed by atoms with Gasteiger partial charge in [-0.2, -0.15) is 0 Å². The van der Waals surface area contributed by atoms with E-state index in [2.05, 4.69) is 28.8 Å². The third-order valence-corrected chi connectivity index (χ3v) is 2.98. The number of nitrogens with one attached hydrogen (secondary N) is 1. The van der Waals surface area contributed by atoms with Crippen LogP contribution in [0.4, 0.5) is 0 Å². The molecule has 0 aliphatic carbocycles. The van der Waals surface area contributed by atoms with E-state index in [-0.39, 0.29) is 6.04 Å². The second kappa shape index (κ2) is 5.80. The topological polar surface area (TPSA) is 12.0 Å². The quantitative estimate of drug-likeness (QED) is 0.707. The molecule has 2 heteroatoms. The molecule has 0 saturated heterocycles. The normalized spacial score (nSPS) is 12.3. The Morgan fingerprint density at radius 2 is 2.54 bits per heavy atom. The second-order valence-electron chi connectivity index (χ2n) is 2.98. The Balaban J connectivity index is 2.18. The molecule has 0 aliphatic heterocycles. The molecule has 1 aromatic heterocycles. The summed E-state index contributed by atoms with van der Waals surface area (Å²) in [5.74, 6) is 2.72. The Morgan fingerprint density at radius 3 is 3.08 bits per heavy atom. The van der Waals surface area contributed by atoms with E-state index in [4.69, 9.17) is 6.42 Å². The van der Waals surface area contributed by atoms with Crippen LogP contribution in [0.3, 0.4) is 0 Å². The molecule has 1 unspecified atom stereocenters. The molecule has 1 N–H and O–H groups in total. The van der Waals surface area contributed by atoms with Gasteiger partial charge in [0.25, 0.3) is 0 Å². The maximum atomic E-state index is 5.33. The third kappa shape index (κ3) is 3.63. The molecule has 1 aromatic rings. The maximum Gasteiger partial charge on any atom is 0.0684 e. The van der Waals surface area contributed by atoms with Crippen molar-refractivity contribution in [1.29, 1.82) is 0 Å². The van der Waals surface area contributed by atoms with E-state index in [1.54, 1.807) is 0 Å². The van der Waals surface area contributed by atoms with Crippen molar-refractivity contribution in [1.82, 2.24) is 5.32 Å². The molecule has 1 nitrogen and oxygen atoms in total. The van der Waals surface area contributed by atoms with Gasteiger partial charge in [-0.25, -0.2) is 0 Å². The summed E-state index contributed by atoms with van der Waals surface area (Å²) in [6.07, 6.45) is 8.71. The van der Waals surface area contributed by atoms with Gasteiger partial charge in [-0.1, -0.05) is 12.0 Å². The van der Waals surface area contributed by atoms with Gasteiger partial charge in [0.2, 0.25) is 0 Å². The number of rotatable bonds is 5. The van der Waals surface area contributed by atoms with Gasteiger partial charge in [-0.15, -0.1) is 17.8 Å². The van der Waals surface area contributed by atoms with Crippen LogP contribution in [0.5, 0.6) is 0 Å². The lowest BCUT2D eigenvalue weighted by Crippen LogP contribution is -2.22. The molecule has 0 fully saturated rings. The SMILES string of the molecule is C#CC(CCCc1cccs1)NC. The van der Waals surface area contributed by atoms with Gasteiger partial charge in [-0.05, 0) is 37.8 Å². The fourth-order valence-corrected chi connectivity index (χ4v) is 2.00. The fourth-order valence-electron chi connectivity index (χ4n) is 1.25. The first kappa shape index (κ1) is 10.3. The molecule has 13 heavy (non-hydrogen) atoms. The van der Waals surface area contributed by atoms with Crippen molar-refractivity contribution in [2.75, 3.05) is 7.05 Å². The highest BCUT2D eigenvalue weighted by atomic mass is 32.1. The Hall–Kier alpha value is -0.780. The largest absolute Gasteiger partial charge is 0.307 e. The predicted octanol–water partition coefficient (Wildman–Crippen LogP) is 2.29. The van der Waals surface area contributed by atoms with Gasteiger partial charge < -0.3 is 5.32 Å². The van der Waals surface area contributed by atoms with Crippen LogP contribution in [0.15, 0.2) is 17.5 Å². The van der Waals surface area contributed by atoms with Gasteiger partial charge in [-0.3, -0.25) is 0 Å². The van der Waals surface area contributed by atoms with Crippen LogP contribution in [-0.4, -0.2) is 13.1 Å². The van der Waals surface area contributed by atoms with Gasteiger partial charge in [0.15, 0.2) is 0 Å². The summed E-state index contributed by atoms with van der Waals surface area (Å²) in [4.78, 5) is 1.45. The molecule has 0 bridgehead atoms. The number of thiophene rings is 1. The van der Waals surface area contributed by atoms with E-state index in [1.807, 2.05) is 18.4 Å². The molecule has 0 saturated carbocycles. The molecule has 70 valence electrons. The van der Waals surface area contributed by atoms with Crippen molar-refractivity contribution in [2.45, 2.75) is 25.3 Å². The van der Waals surface area contributed by atoms with Gasteiger partial charge in [0.1, 0.15) is 0 Å². The average molecular weight is 193 g/mol. The van der Waals surface area contributed by atoms with E-state index < -0.39 is 0 Å². The summed E-state index contributed by atoms with van der Waals surface area (Å²) < 4.78 is 0. The second-order valence-corrected chi connectivity index (χ2v) is 4.01. The summed E-state index contributed by atoms with van der Waals surface area (Å²) >= 11 is 1.82. The lowest BCUT2D eigenvalue weighted by molar-refractivity contribution is 0.601. The summed E-state index contributed by atoms with van der Waals surface area (Å²) in [5.41, 5.74) is 0.